The maximum absolute atomic E-state index is 13.8. The van der Waals surface area contributed by atoms with Crippen LogP contribution < -0.4 is 10.2 Å². The minimum atomic E-state index is -0.521. The molecule has 2 nitrogen and oxygen atoms in total. The van der Waals surface area contributed by atoms with Gasteiger partial charge in [0.25, 0.3) is 0 Å². The van der Waals surface area contributed by atoms with Gasteiger partial charge in [-0.05, 0) is 37.4 Å². The molecule has 4 heteroatoms. The molecule has 19 heavy (non-hydrogen) atoms. The summed E-state index contributed by atoms with van der Waals surface area (Å²) in [6.07, 6.45) is 2.20. The summed E-state index contributed by atoms with van der Waals surface area (Å²) in [6, 6.07) is 4.21. The Labute approximate surface area is 113 Å². The van der Waals surface area contributed by atoms with Crippen LogP contribution in [0.15, 0.2) is 18.2 Å². The van der Waals surface area contributed by atoms with Crippen LogP contribution in [0, 0.1) is 17.6 Å². The zero-order chi connectivity index (χ0) is 13.8. The van der Waals surface area contributed by atoms with E-state index in [1.807, 2.05) is 4.90 Å². The van der Waals surface area contributed by atoms with Crippen LogP contribution in [0.5, 0.6) is 0 Å². The maximum Gasteiger partial charge on any atom is 0.149 e. The van der Waals surface area contributed by atoms with Crippen LogP contribution in [0.1, 0.15) is 26.7 Å². The monoisotopic (exact) mass is 268 g/mol. The van der Waals surface area contributed by atoms with Crippen molar-refractivity contribution in [2.24, 2.45) is 5.92 Å². The van der Waals surface area contributed by atoms with Gasteiger partial charge in [0.05, 0.1) is 5.69 Å². The molecular formula is C15H22F2N2. The van der Waals surface area contributed by atoms with Crippen molar-refractivity contribution < 1.29 is 8.78 Å². The van der Waals surface area contributed by atoms with Gasteiger partial charge in [-0.15, -0.1) is 0 Å². The summed E-state index contributed by atoms with van der Waals surface area (Å²) in [6.45, 7) is 6.90. The largest absolute Gasteiger partial charge is 0.367 e. The first-order valence-corrected chi connectivity index (χ1v) is 7.03. The summed E-state index contributed by atoms with van der Waals surface area (Å²) in [7, 11) is 0. The molecule has 2 atom stereocenters. The lowest BCUT2D eigenvalue weighted by Crippen LogP contribution is -2.49. The van der Waals surface area contributed by atoms with Crippen molar-refractivity contribution in [3.8, 4) is 0 Å². The van der Waals surface area contributed by atoms with E-state index in [9.17, 15) is 8.78 Å². The Morgan fingerprint density at radius 1 is 1.32 bits per heavy atom. The second kappa shape index (κ2) is 6.33. The maximum atomic E-state index is 13.8. The Hall–Kier alpha value is -1.16. The van der Waals surface area contributed by atoms with Crippen molar-refractivity contribution in [2.45, 2.75) is 32.7 Å². The number of hydrogen-bond acceptors (Lipinski definition) is 2. The molecular weight excluding hydrogens is 246 g/mol. The molecule has 1 N–H and O–H groups in total. The van der Waals surface area contributed by atoms with Crippen LogP contribution >= 0.6 is 0 Å². The van der Waals surface area contributed by atoms with E-state index in [-0.39, 0.29) is 0 Å². The molecule has 0 spiro atoms. The zero-order valence-electron chi connectivity index (χ0n) is 11.6. The summed E-state index contributed by atoms with van der Waals surface area (Å²) < 4.78 is 26.8. The number of anilines is 1. The average Bonchev–Trinajstić information content (AvgIpc) is 2.35. The van der Waals surface area contributed by atoms with E-state index in [1.165, 1.54) is 6.07 Å². The molecule has 0 radical (unpaired) electrons. The van der Waals surface area contributed by atoms with Crippen molar-refractivity contribution in [2.75, 3.05) is 24.5 Å². The quantitative estimate of drug-likeness (QED) is 0.902. The fourth-order valence-electron chi connectivity index (χ4n) is 2.78. The summed E-state index contributed by atoms with van der Waals surface area (Å²) in [5.74, 6) is -0.483. The summed E-state index contributed by atoms with van der Waals surface area (Å²) >= 11 is 0. The molecule has 1 aliphatic rings. The van der Waals surface area contributed by atoms with Crippen molar-refractivity contribution in [1.29, 1.82) is 0 Å². The predicted octanol–water partition coefficient (Wildman–Crippen LogP) is 3.18. The summed E-state index contributed by atoms with van der Waals surface area (Å²) in [5.41, 5.74) is 0.510. The Balaban J connectivity index is 2.10. The van der Waals surface area contributed by atoms with Gasteiger partial charge in [-0.3, -0.25) is 0 Å². The van der Waals surface area contributed by atoms with E-state index in [1.54, 1.807) is 6.07 Å². The fraction of sp³-hybridized carbons (Fsp3) is 0.600. The number of rotatable bonds is 4. The number of piperidine rings is 1. The smallest absolute Gasteiger partial charge is 0.149 e. The van der Waals surface area contributed by atoms with Crippen molar-refractivity contribution >= 4 is 5.69 Å². The second-order valence-corrected chi connectivity index (χ2v) is 5.49. The highest BCUT2D eigenvalue weighted by molar-refractivity contribution is 5.48. The zero-order valence-corrected chi connectivity index (χ0v) is 11.6. The predicted molar refractivity (Wildman–Crippen MR) is 74.4 cm³/mol. The third-order valence-corrected chi connectivity index (χ3v) is 3.59. The topological polar surface area (TPSA) is 15.3 Å². The van der Waals surface area contributed by atoms with Crippen molar-refractivity contribution in [3.05, 3.63) is 29.8 Å². The number of nitrogens with zero attached hydrogens (tertiary/aromatic N) is 1. The minimum Gasteiger partial charge on any atom is -0.367 e. The first-order chi connectivity index (χ1) is 9.10. The Morgan fingerprint density at radius 3 is 2.79 bits per heavy atom. The van der Waals surface area contributed by atoms with E-state index >= 15 is 0 Å². The van der Waals surface area contributed by atoms with Crippen LogP contribution in [0.25, 0.3) is 0 Å². The van der Waals surface area contributed by atoms with E-state index in [2.05, 4.69) is 19.2 Å². The Morgan fingerprint density at radius 2 is 2.11 bits per heavy atom. The molecule has 0 aliphatic carbocycles. The van der Waals surface area contributed by atoms with Gasteiger partial charge in [-0.25, -0.2) is 8.78 Å². The van der Waals surface area contributed by atoms with E-state index in [0.29, 0.717) is 17.6 Å². The molecule has 1 aliphatic heterocycles. The van der Waals surface area contributed by atoms with Crippen LogP contribution in [-0.2, 0) is 0 Å². The molecule has 0 amide bonds. The lowest BCUT2D eigenvalue weighted by Gasteiger charge is -2.38. The van der Waals surface area contributed by atoms with Crippen molar-refractivity contribution in [1.82, 2.24) is 5.32 Å². The van der Waals surface area contributed by atoms with Gasteiger partial charge >= 0.3 is 0 Å². The molecule has 1 saturated heterocycles. The van der Waals surface area contributed by atoms with Crippen LogP contribution in [-0.4, -0.2) is 25.7 Å². The third kappa shape index (κ3) is 3.66. The third-order valence-electron chi connectivity index (χ3n) is 3.59. The SMILES string of the molecule is CCCNC1CC(C)CN(c2ccc(F)cc2F)C1. The highest BCUT2D eigenvalue weighted by Gasteiger charge is 2.25. The molecule has 106 valence electrons. The molecule has 0 bridgehead atoms. The second-order valence-electron chi connectivity index (χ2n) is 5.49. The van der Waals surface area contributed by atoms with Gasteiger partial charge in [-0.1, -0.05) is 13.8 Å². The molecule has 0 saturated carbocycles. The average molecular weight is 268 g/mol. The highest BCUT2D eigenvalue weighted by Crippen LogP contribution is 2.26. The lowest BCUT2D eigenvalue weighted by atomic mass is 9.95. The Kier molecular flexibility index (Phi) is 4.75. The van der Waals surface area contributed by atoms with Gasteiger partial charge < -0.3 is 10.2 Å². The molecule has 1 heterocycles. The lowest BCUT2D eigenvalue weighted by molar-refractivity contribution is 0.349. The normalized spacial score (nSPS) is 23.7. The number of benzene rings is 1. The molecule has 1 fully saturated rings. The van der Waals surface area contributed by atoms with Crippen LogP contribution in [0.2, 0.25) is 0 Å². The standard InChI is InChI=1S/C15H22F2N2/c1-3-6-18-13-7-11(2)9-19(10-13)15-5-4-12(16)8-14(15)17/h4-5,8,11,13,18H,3,6-7,9-10H2,1-2H3. The first kappa shape index (κ1) is 14.3. The number of halogens is 2. The fourth-order valence-corrected chi connectivity index (χ4v) is 2.78. The van der Waals surface area contributed by atoms with Gasteiger partial charge in [0.15, 0.2) is 0 Å². The molecule has 1 aromatic rings. The Bertz CT molecular complexity index is 423. The van der Waals surface area contributed by atoms with E-state index in [0.717, 1.165) is 38.5 Å². The van der Waals surface area contributed by atoms with Gasteiger partial charge in [0.2, 0.25) is 0 Å². The van der Waals surface area contributed by atoms with Gasteiger partial charge in [0.1, 0.15) is 11.6 Å². The van der Waals surface area contributed by atoms with Gasteiger partial charge in [0, 0.05) is 25.2 Å². The molecule has 2 unspecified atom stereocenters. The molecule has 0 aromatic heterocycles. The van der Waals surface area contributed by atoms with E-state index in [4.69, 9.17) is 0 Å². The molecule has 2 rings (SSSR count). The molecule has 1 aromatic carbocycles. The highest BCUT2D eigenvalue weighted by atomic mass is 19.1. The number of nitrogens with one attached hydrogen (secondary N) is 1. The van der Waals surface area contributed by atoms with Gasteiger partial charge in [-0.2, -0.15) is 0 Å². The van der Waals surface area contributed by atoms with Crippen LogP contribution in [0.3, 0.4) is 0 Å². The minimum absolute atomic E-state index is 0.383. The first-order valence-electron chi connectivity index (χ1n) is 7.03. The summed E-state index contributed by atoms with van der Waals surface area (Å²) in [5, 5.41) is 3.49. The van der Waals surface area contributed by atoms with Crippen LogP contribution in [0.4, 0.5) is 14.5 Å². The number of hydrogen-bond donors (Lipinski definition) is 1. The van der Waals surface area contributed by atoms with Crippen molar-refractivity contribution in [3.63, 3.8) is 0 Å². The van der Waals surface area contributed by atoms with E-state index < -0.39 is 11.6 Å². The summed E-state index contributed by atoms with van der Waals surface area (Å²) in [4.78, 5) is 2.02.